The monoisotopic (exact) mass is 334 g/mol. The second-order valence-electron chi connectivity index (χ2n) is 4.58. The number of benzene rings is 1. The van der Waals surface area contributed by atoms with E-state index in [4.69, 9.17) is 9.47 Å². The van der Waals surface area contributed by atoms with E-state index in [0.29, 0.717) is 13.2 Å². The fourth-order valence-corrected chi connectivity index (χ4v) is 2.89. The largest absolute Gasteiger partial charge is 0.490 e. The summed E-state index contributed by atoms with van der Waals surface area (Å²) >= 11 is 0. The van der Waals surface area contributed by atoms with E-state index < -0.39 is 15.8 Å². The lowest BCUT2D eigenvalue weighted by Crippen LogP contribution is -2.32. The minimum atomic E-state index is -3.83. The van der Waals surface area contributed by atoms with Crippen LogP contribution < -0.4 is 14.8 Å². The summed E-state index contributed by atoms with van der Waals surface area (Å²) < 4.78 is 50.5. The van der Waals surface area contributed by atoms with Gasteiger partial charge in [0.15, 0.2) is 0 Å². The Kier molecular flexibility index (Phi) is 8.32. The summed E-state index contributed by atoms with van der Waals surface area (Å²) in [6.07, 6.45) is 0.966. The molecular formula is C14H23FN2O4S. The van der Waals surface area contributed by atoms with Crippen molar-refractivity contribution in [2.75, 3.05) is 40.0 Å². The molecule has 0 fully saturated rings. The first-order chi connectivity index (χ1) is 10.5. The van der Waals surface area contributed by atoms with Gasteiger partial charge in [0, 0.05) is 20.2 Å². The fraction of sp³-hybridized carbons (Fsp3) is 0.571. The highest BCUT2D eigenvalue weighted by Crippen LogP contribution is 2.24. The smallest absolute Gasteiger partial charge is 0.244 e. The molecule has 0 aliphatic rings. The Balaban J connectivity index is 2.76. The lowest BCUT2D eigenvalue weighted by Gasteiger charge is -2.13. The highest BCUT2D eigenvalue weighted by molar-refractivity contribution is 7.89. The second kappa shape index (κ2) is 9.73. The maximum Gasteiger partial charge on any atom is 0.244 e. The van der Waals surface area contributed by atoms with E-state index >= 15 is 0 Å². The van der Waals surface area contributed by atoms with Crippen molar-refractivity contribution >= 4 is 10.0 Å². The van der Waals surface area contributed by atoms with Crippen molar-refractivity contribution in [3.05, 3.63) is 24.0 Å². The van der Waals surface area contributed by atoms with E-state index in [-0.39, 0.29) is 23.8 Å². The predicted octanol–water partition coefficient (Wildman–Crippen LogP) is 1.13. The van der Waals surface area contributed by atoms with Gasteiger partial charge in [0.25, 0.3) is 0 Å². The Morgan fingerprint density at radius 1 is 1.18 bits per heavy atom. The highest BCUT2D eigenvalue weighted by Gasteiger charge is 2.20. The number of hydrogen-bond acceptors (Lipinski definition) is 5. The predicted molar refractivity (Wildman–Crippen MR) is 82.1 cm³/mol. The molecule has 1 aromatic rings. The van der Waals surface area contributed by atoms with Crippen LogP contribution >= 0.6 is 0 Å². The first-order valence-corrected chi connectivity index (χ1v) is 8.61. The summed E-state index contributed by atoms with van der Waals surface area (Å²) in [5.41, 5.74) is 0. The van der Waals surface area contributed by atoms with Crippen molar-refractivity contribution in [1.82, 2.24) is 10.0 Å². The van der Waals surface area contributed by atoms with Crippen molar-refractivity contribution in [2.24, 2.45) is 0 Å². The molecule has 0 spiro atoms. The quantitative estimate of drug-likeness (QED) is 0.593. The standard InChI is InChI=1S/C14H23FN2O4S/c1-3-6-16-7-8-17-22(18,19)14-11-12(15)4-5-13(14)21-10-9-20-2/h4-5,11,16-17H,3,6-10H2,1-2H3. The maximum absolute atomic E-state index is 13.4. The summed E-state index contributed by atoms with van der Waals surface area (Å²) in [5.74, 6) is -0.531. The number of nitrogens with one attached hydrogen (secondary N) is 2. The van der Waals surface area contributed by atoms with Crippen LogP contribution in [0.15, 0.2) is 23.1 Å². The van der Waals surface area contributed by atoms with Crippen molar-refractivity contribution < 1.29 is 22.3 Å². The summed E-state index contributed by atoms with van der Waals surface area (Å²) in [7, 11) is -2.32. The van der Waals surface area contributed by atoms with Gasteiger partial charge in [-0.25, -0.2) is 17.5 Å². The third kappa shape index (κ3) is 6.27. The average Bonchev–Trinajstić information content (AvgIpc) is 2.48. The maximum atomic E-state index is 13.4. The highest BCUT2D eigenvalue weighted by atomic mass is 32.2. The van der Waals surface area contributed by atoms with Crippen LogP contribution in [-0.2, 0) is 14.8 Å². The number of hydrogen-bond donors (Lipinski definition) is 2. The van der Waals surface area contributed by atoms with Gasteiger partial charge in [-0.1, -0.05) is 6.92 Å². The zero-order chi connectivity index (χ0) is 16.4. The van der Waals surface area contributed by atoms with Crippen LogP contribution in [0.1, 0.15) is 13.3 Å². The number of halogens is 1. The zero-order valence-electron chi connectivity index (χ0n) is 12.9. The molecule has 0 atom stereocenters. The van der Waals surface area contributed by atoms with Crippen molar-refractivity contribution in [2.45, 2.75) is 18.2 Å². The Bertz CT molecular complexity index is 552. The van der Waals surface area contributed by atoms with E-state index in [0.717, 1.165) is 25.1 Å². The molecule has 0 aliphatic heterocycles. The summed E-state index contributed by atoms with van der Waals surface area (Å²) in [4.78, 5) is -0.209. The van der Waals surface area contributed by atoms with Gasteiger partial charge in [-0.3, -0.25) is 0 Å². The lowest BCUT2D eigenvalue weighted by atomic mass is 10.3. The molecule has 0 saturated carbocycles. The minimum absolute atomic E-state index is 0.104. The van der Waals surface area contributed by atoms with Gasteiger partial charge >= 0.3 is 0 Å². The SMILES string of the molecule is CCCNCCNS(=O)(=O)c1cc(F)ccc1OCCOC. The van der Waals surface area contributed by atoms with Gasteiger partial charge in [-0.05, 0) is 31.2 Å². The molecule has 2 N–H and O–H groups in total. The van der Waals surface area contributed by atoms with E-state index in [2.05, 4.69) is 10.0 Å². The molecule has 0 heterocycles. The van der Waals surface area contributed by atoms with Crippen molar-refractivity contribution in [3.63, 3.8) is 0 Å². The summed E-state index contributed by atoms with van der Waals surface area (Å²) in [5, 5.41) is 3.08. The zero-order valence-corrected chi connectivity index (χ0v) is 13.7. The minimum Gasteiger partial charge on any atom is -0.490 e. The molecule has 22 heavy (non-hydrogen) atoms. The molecule has 1 aromatic carbocycles. The fourth-order valence-electron chi connectivity index (χ4n) is 1.70. The van der Waals surface area contributed by atoms with E-state index in [9.17, 15) is 12.8 Å². The molecule has 0 amide bonds. The van der Waals surface area contributed by atoms with Crippen LogP contribution in [0.3, 0.4) is 0 Å². The second-order valence-corrected chi connectivity index (χ2v) is 6.32. The molecule has 1 rings (SSSR count). The van der Waals surface area contributed by atoms with E-state index in [1.807, 2.05) is 6.92 Å². The van der Waals surface area contributed by atoms with Gasteiger partial charge in [-0.2, -0.15) is 0 Å². The third-order valence-corrected chi connectivity index (χ3v) is 4.24. The van der Waals surface area contributed by atoms with Gasteiger partial charge in [0.05, 0.1) is 6.61 Å². The van der Waals surface area contributed by atoms with Crippen LogP contribution in [0, 0.1) is 5.82 Å². The summed E-state index contributed by atoms with van der Waals surface area (Å²) in [6.45, 7) is 4.05. The Morgan fingerprint density at radius 3 is 2.64 bits per heavy atom. The average molecular weight is 334 g/mol. The van der Waals surface area contributed by atoms with Crippen LogP contribution in [0.4, 0.5) is 4.39 Å². The molecular weight excluding hydrogens is 311 g/mol. The van der Waals surface area contributed by atoms with Gasteiger partial charge in [0.1, 0.15) is 23.1 Å². The molecule has 0 unspecified atom stereocenters. The molecule has 0 bridgehead atoms. The molecule has 0 radical (unpaired) electrons. The van der Waals surface area contributed by atoms with Crippen LogP contribution in [0.25, 0.3) is 0 Å². The number of sulfonamides is 1. The Labute approximate surface area is 131 Å². The normalized spacial score (nSPS) is 11.6. The number of ether oxygens (including phenoxy) is 2. The van der Waals surface area contributed by atoms with Crippen molar-refractivity contribution in [1.29, 1.82) is 0 Å². The third-order valence-electron chi connectivity index (χ3n) is 2.76. The lowest BCUT2D eigenvalue weighted by molar-refractivity contribution is 0.144. The molecule has 6 nitrogen and oxygen atoms in total. The van der Waals surface area contributed by atoms with Gasteiger partial charge in [-0.15, -0.1) is 0 Å². The van der Waals surface area contributed by atoms with E-state index in [1.165, 1.54) is 13.2 Å². The number of methoxy groups -OCH3 is 1. The molecule has 0 aliphatic carbocycles. The van der Waals surface area contributed by atoms with E-state index in [1.54, 1.807) is 0 Å². The molecule has 0 saturated heterocycles. The molecule has 8 heteroatoms. The Morgan fingerprint density at radius 2 is 1.95 bits per heavy atom. The van der Waals surface area contributed by atoms with Gasteiger partial charge in [0.2, 0.25) is 10.0 Å². The molecule has 126 valence electrons. The summed E-state index contributed by atoms with van der Waals surface area (Å²) in [6, 6.07) is 3.41. The topological polar surface area (TPSA) is 76.7 Å². The number of rotatable bonds is 11. The first-order valence-electron chi connectivity index (χ1n) is 7.13. The Hall–Kier alpha value is -1.22. The molecule has 0 aromatic heterocycles. The van der Waals surface area contributed by atoms with Gasteiger partial charge < -0.3 is 14.8 Å². The van der Waals surface area contributed by atoms with Crippen LogP contribution in [-0.4, -0.2) is 48.4 Å². The van der Waals surface area contributed by atoms with Crippen molar-refractivity contribution in [3.8, 4) is 5.75 Å². The first kappa shape index (κ1) is 18.8. The van der Waals surface area contributed by atoms with Crippen LogP contribution in [0.2, 0.25) is 0 Å². The van der Waals surface area contributed by atoms with Crippen LogP contribution in [0.5, 0.6) is 5.75 Å².